The topological polar surface area (TPSA) is 103 Å². The standard InChI is InChI=1S/C39H65N5O4/c1-24(2)26(5)35(7)17-18-36(8)27-13-14-30-34(6)19-29(44-41-23-40-42-44)32(48-21-38(10,25(3)4)43(11)12)39(30,22-47-20-34)28(27)15-16-37(36,9)31(35)33(45)46/h15,23-27,29-32H,13-14,16-22H2,1-12H3,(H,45,46)/t26-,27+,29-,30-,31-,32+,34-,35-,36-,37+,38+,39+/m1/s1. The third-order valence-electron chi connectivity index (χ3n) is 16.5. The molecule has 4 aliphatic carbocycles. The van der Waals surface area contributed by atoms with Crippen LogP contribution in [0, 0.1) is 62.6 Å². The Labute approximate surface area is 290 Å². The van der Waals surface area contributed by atoms with Gasteiger partial charge in [-0.2, -0.15) is 4.80 Å². The molecule has 1 aliphatic heterocycles. The van der Waals surface area contributed by atoms with Gasteiger partial charge in [0.15, 0.2) is 6.33 Å². The number of tetrazole rings is 1. The summed E-state index contributed by atoms with van der Waals surface area (Å²) in [5.74, 6) is 0.735. The van der Waals surface area contributed by atoms with Crippen molar-refractivity contribution in [3.8, 4) is 0 Å². The SMILES string of the molecule is CC(C)[C@@H](C)[C@@]1(C)CC[C@]2(C)[C@H]3CC[C@@H]4[C@@]5(C)COC[C@@]4(C3=CC[C@@]2(C)[C@@H]1C(=O)O)[C@@H](OC[C@@](C)(C(C)C)N(C)C)[C@H](n1ncnn1)C5. The number of carboxylic acids is 1. The third kappa shape index (κ3) is 4.78. The minimum atomic E-state index is -0.622. The van der Waals surface area contributed by atoms with Crippen molar-refractivity contribution in [2.24, 2.45) is 62.6 Å². The Hall–Kier alpha value is -1.84. The molecular formula is C39H65N5O4. The number of carboxylic acid groups (broad SMARTS) is 1. The van der Waals surface area contributed by atoms with E-state index in [0.717, 1.165) is 45.1 Å². The predicted octanol–water partition coefficient (Wildman–Crippen LogP) is 7.16. The Kier molecular flexibility index (Phi) is 8.89. The summed E-state index contributed by atoms with van der Waals surface area (Å²) in [6.45, 7) is 25.1. The lowest BCUT2D eigenvalue weighted by Crippen LogP contribution is -2.70. The summed E-state index contributed by atoms with van der Waals surface area (Å²) in [6, 6.07) is -0.0784. The molecule has 2 bridgehead atoms. The zero-order valence-corrected chi connectivity index (χ0v) is 32.0. The van der Waals surface area contributed by atoms with Crippen LogP contribution in [-0.2, 0) is 14.3 Å². The van der Waals surface area contributed by atoms with Crippen molar-refractivity contribution < 1.29 is 19.4 Å². The van der Waals surface area contributed by atoms with Crippen LogP contribution in [-0.4, -0.2) is 81.7 Å². The zero-order chi connectivity index (χ0) is 35.2. The second kappa shape index (κ2) is 11.9. The smallest absolute Gasteiger partial charge is 0.307 e. The number of aliphatic carboxylic acids is 1. The molecule has 1 saturated heterocycles. The maximum atomic E-state index is 13.5. The Balaban J connectivity index is 1.51. The second-order valence-corrected chi connectivity index (χ2v) is 19.0. The molecule has 12 atom stereocenters. The van der Waals surface area contributed by atoms with Crippen molar-refractivity contribution in [2.75, 3.05) is 33.9 Å². The predicted molar refractivity (Wildman–Crippen MR) is 187 cm³/mol. The summed E-state index contributed by atoms with van der Waals surface area (Å²) in [5, 5.41) is 24.4. The Morgan fingerprint density at radius 3 is 2.40 bits per heavy atom. The minimum Gasteiger partial charge on any atom is -0.481 e. The van der Waals surface area contributed by atoms with Crippen LogP contribution < -0.4 is 0 Å². The molecule has 0 aromatic carbocycles. The number of rotatable bonds is 9. The minimum absolute atomic E-state index is 0.0613. The molecule has 2 heterocycles. The molecule has 48 heavy (non-hydrogen) atoms. The van der Waals surface area contributed by atoms with E-state index < -0.39 is 11.9 Å². The highest BCUT2D eigenvalue weighted by molar-refractivity contribution is 5.73. The van der Waals surface area contributed by atoms with Gasteiger partial charge in [-0.1, -0.05) is 74.0 Å². The summed E-state index contributed by atoms with van der Waals surface area (Å²) in [6.07, 6.45) is 9.65. The lowest BCUT2D eigenvalue weighted by Gasteiger charge is -2.71. The molecule has 1 aromatic rings. The highest BCUT2D eigenvalue weighted by Crippen LogP contribution is 2.75. The molecule has 270 valence electrons. The summed E-state index contributed by atoms with van der Waals surface area (Å²) in [4.78, 5) is 17.7. The maximum absolute atomic E-state index is 13.5. The van der Waals surface area contributed by atoms with E-state index in [2.05, 4.69) is 110 Å². The Bertz CT molecular complexity index is 1390. The highest BCUT2D eigenvalue weighted by atomic mass is 16.5. The van der Waals surface area contributed by atoms with Gasteiger partial charge in [-0.25, -0.2) is 0 Å². The summed E-state index contributed by atoms with van der Waals surface area (Å²) < 4.78 is 14.1. The normalized spacial score (nSPS) is 44.4. The molecular weight excluding hydrogens is 602 g/mol. The number of likely N-dealkylation sites (N-methyl/N-ethyl adjacent to an activating group) is 1. The molecule has 0 spiro atoms. The van der Waals surface area contributed by atoms with Crippen LogP contribution in [0.5, 0.6) is 0 Å². The van der Waals surface area contributed by atoms with E-state index in [1.165, 1.54) is 5.57 Å². The van der Waals surface area contributed by atoms with Crippen LogP contribution >= 0.6 is 0 Å². The van der Waals surface area contributed by atoms with Crippen LogP contribution in [0.2, 0.25) is 0 Å². The summed E-state index contributed by atoms with van der Waals surface area (Å²) in [5.41, 5.74) is 0.0843. The van der Waals surface area contributed by atoms with Gasteiger partial charge in [0.05, 0.1) is 31.8 Å². The molecule has 1 N–H and O–H groups in total. The number of allylic oxidation sites excluding steroid dienone is 1. The maximum Gasteiger partial charge on any atom is 0.307 e. The molecule has 1 aromatic heterocycles. The Morgan fingerprint density at radius 1 is 1.10 bits per heavy atom. The first kappa shape index (κ1) is 36.0. The average molecular weight is 668 g/mol. The number of aromatic nitrogens is 4. The lowest BCUT2D eigenvalue weighted by molar-refractivity contribution is -0.258. The third-order valence-corrected chi connectivity index (χ3v) is 16.5. The summed E-state index contributed by atoms with van der Waals surface area (Å²) >= 11 is 0. The molecule has 3 saturated carbocycles. The fourth-order valence-electron chi connectivity index (χ4n) is 12.5. The van der Waals surface area contributed by atoms with E-state index in [0.29, 0.717) is 36.9 Å². The monoisotopic (exact) mass is 668 g/mol. The van der Waals surface area contributed by atoms with Crippen LogP contribution in [0.15, 0.2) is 18.0 Å². The van der Waals surface area contributed by atoms with Gasteiger partial charge in [0, 0.05) is 11.0 Å². The van der Waals surface area contributed by atoms with Gasteiger partial charge < -0.3 is 19.5 Å². The second-order valence-electron chi connectivity index (χ2n) is 19.0. The number of ether oxygens (including phenoxy) is 2. The number of hydrogen-bond donors (Lipinski definition) is 1. The molecule has 0 amide bonds. The van der Waals surface area contributed by atoms with E-state index in [9.17, 15) is 9.90 Å². The van der Waals surface area contributed by atoms with Crippen LogP contribution in [0.4, 0.5) is 0 Å². The van der Waals surface area contributed by atoms with E-state index >= 15 is 0 Å². The van der Waals surface area contributed by atoms with E-state index in [1.807, 2.05) is 4.80 Å². The van der Waals surface area contributed by atoms with Crippen LogP contribution in [0.25, 0.3) is 0 Å². The molecule has 4 fully saturated rings. The van der Waals surface area contributed by atoms with Gasteiger partial charge >= 0.3 is 5.97 Å². The van der Waals surface area contributed by atoms with Gasteiger partial charge in [0.25, 0.3) is 0 Å². The number of fused-ring (bicyclic) bond motifs is 3. The number of hydrogen-bond acceptors (Lipinski definition) is 7. The molecule has 0 unspecified atom stereocenters. The van der Waals surface area contributed by atoms with Crippen molar-refractivity contribution >= 4 is 5.97 Å². The van der Waals surface area contributed by atoms with E-state index in [-0.39, 0.29) is 50.7 Å². The van der Waals surface area contributed by atoms with Gasteiger partial charge in [-0.3, -0.25) is 4.79 Å². The van der Waals surface area contributed by atoms with Crippen molar-refractivity contribution in [1.29, 1.82) is 0 Å². The fourth-order valence-corrected chi connectivity index (χ4v) is 12.5. The molecule has 5 aliphatic rings. The van der Waals surface area contributed by atoms with E-state index in [1.54, 1.807) is 6.33 Å². The quantitative estimate of drug-likeness (QED) is 0.277. The first-order chi connectivity index (χ1) is 22.3. The largest absolute Gasteiger partial charge is 0.481 e. The van der Waals surface area contributed by atoms with Gasteiger partial charge in [0.1, 0.15) is 6.04 Å². The highest BCUT2D eigenvalue weighted by Gasteiger charge is 2.73. The average Bonchev–Trinajstić information content (AvgIpc) is 3.55. The van der Waals surface area contributed by atoms with Crippen LogP contribution in [0.1, 0.15) is 114 Å². The lowest BCUT2D eigenvalue weighted by atomic mass is 9.34. The summed E-state index contributed by atoms with van der Waals surface area (Å²) in [7, 11) is 4.31. The van der Waals surface area contributed by atoms with Gasteiger partial charge in [-0.15, -0.1) is 10.2 Å². The van der Waals surface area contributed by atoms with Gasteiger partial charge in [0.2, 0.25) is 0 Å². The molecule has 9 nitrogen and oxygen atoms in total. The first-order valence-electron chi connectivity index (χ1n) is 18.9. The zero-order valence-electron chi connectivity index (χ0n) is 32.0. The van der Waals surface area contributed by atoms with Crippen molar-refractivity contribution in [1.82, 2.24) is 25.1 Å². The number of nitrogens with zero attached hydrogens (tertiary/aromatic N) is 5. The first-order valence-corrected chi connectivity index (χ1v) is 18.9. The molecule has 0 radical (unpaired) electrons. The molecule has 6 rings (SSSR count). The Morgan fingerprint density at radius 2 is 1.81 bits per heavy atom. The van der Waals surface area contributed by atoms with Gasteiger partial charge in [-0.05, 0) is 116 Å². The van der Waals surface area contributed by atoms with Crippen molar-refractivity contribution in [3.63, 3.8) is 0 Å². The van der Waals surface area contributed by atoms with Crippen molar-refractivity contribution in [3.05, 3.63) is 18.0 Å². The van der Waals surface area contributed by atoms with E-state index in [4.69, 9.17) is 9.47 Å². The number of carbonyl (C=O) groups is 1. The van der Waals surface area contributed by atoms with Crippen molar-refractivity contribution in [2.45, 2.75) is 125 Å². The van der Waals surface area contributed by atoms with Crippen LogP contribution in [0.3, 0.4) is 0 Å². The fraction of sp³-hybridized carbons (Fsp3) is 0.897. The molecule has 9 heteroatoms.